The number of nitrogens with zero attached hydrogens (tertiary/aromatic N) is 2. The van der Waals surface area contributed by atoms with Crippen LogP contribution in [-0.2, 0) is 25.9 Å². The minimum atomic E-state index is 0.835. The van der Waals surface area contributed by atoms with Gasteiger partial charge in [0.05, 0.1) is 17.9 Å². The van der Waals surface area contributed by atoms with Crippen molar-refractivity contribution in [2.24, 2.45) is 0 Å². The van der Waals surface area contributed by atoms with E-state index >= 15 is 0 Å². The monoisotopic (exact) mass is 271 g/mol. The van der Waals surface area contributed by atoms with Gasteiger partial charge in [0.15, 0.2) is 0 Å². The average molecular weight is 271 g/mol. The molecule has 0 aliphatic carbocycles. The molecule has 3 heteroatoms. The maximum atomic E-state index is 4.59. The summed E-state index contributed by atoms with van der Waals surface area (Å²) in [5.41, 5.74) is 5.07. The van der Waals surface area contributed by atoms with Crippen LogP contribution in [-0.4, -0.2) is 9.78 Å². The lowest BCUT2D eigenvalue weighted by atomic mass is 10.1. The van der Waals surface area contributed by atoms with Crippen molar-refractivity contribution in [3.63, 3.8) is 0 Å². The number of rotatable bonds is 7. The van der Waals surface area contributed by atoms with Crippen molar-refractivity contribution in [2.75, 3.05) is 5.32 Å². The Morgan fingerprint density at radius 3 is 2.65 bits per heavy atom. The summed E-state index contributed by atoms with van der Waals surface area (Å²) in [7, 11) is 0. The molecule has 0 amide bonds. The second-order valence-corrected chi connectivity index (χ2v) is 5.06. The average Bonchev–Trinajstić information content (AvgIpc) is 2.89. The number of anilines is 1. The molecular weight excluding hydrogens is 246 g/mol. The minimum Gasteiger partial charge on any atom is -0.379 e. The summed E-state index contributed by atoms with van der Waals surface area (Å²) >= 11 is 0. The van der Waals surface area contributed by atoms with Crippen LogP contribution in [0.15, 0.2) is 30.3 Å². The van der Waals surface area contributed by atoms with E-state index in [1.165, 1.54) is 29.1 Å². The molecule has 20 heavy (non-hydrogen) atoms. The maximum Gasteiger partial charge on any atom is 0.0625 e. The van der Waals surface area contributed by atoms with Crippen LogP contribution in [0.5, 0.6) is 0 Å². The van der Waals surface area contributed by atoms with Crippen LogP contribution in [0, 0.1) is 0 Å². The molecule has 2 rings (SSSR count). The van der Waals surface area contributed by atoms with Crippen molar-refractivity contribution in [1.29, 1.82) is 0 Å². The third-order valence-corrected chi connectivity index (χ3v) is 3.57. The number of nitrogens with one attached hydrogen (secondary N) is 1. The SMILES string of the molecule is CCCc1ccccc1NCc1cc(CC)nn1CC. The van der Waals surface area contributed by atoms with E-state index in [2.05, 4.69) is 66.2 Å². The maximum absolute atomic E-state index is 4.59. The fourth-order valence-corrected chi connectivity index (χ4v) is 2.47. The van der Waals surface area contributed by atoms with Crippen molar-refractivity contribution in [2.45, 2.75) is 53.1 Å². The number of hydrogen-bond acceptors (Lipinski definition) is 2. The van der Waals surface area contributed by atoms with Crippen molar-refractivity contribution in [3.8, 4) is 0 Å². The lowest BCUT2D eigenvalue weighted by Gasteiger charge is -2.12. The fraction of sp³-hybridized carbons (Fsp3) is 0.471. The quantitative estimate of drug-likeness (QED) is 0.824. The fourth-order valence-electron chi connectivity index (χ4n) is 2.47. The Morgan fingerprint density at radius 1 is 1.15 bits per heavy atom. The summed E-state index contributed by atoms with van der Waals surface area (Å²) in [4.78, 5) is 0. The van der Waals surface area contributed by atoms with E-state index in [1.807, 2.05) is 0 Å². The molecule has 0 saturated heterocycles. The zero-order valence-corrected chi connectivity index (χ0v) is 12.8. The number of aryl methyl sites for hydroxylation is 3. The highest BCUT2D eigenvalue weighted by atomic mass is 15.3. The molecule has 0 fully saturated rings. The topological polar surface area (TPSA) is 29.9 Å². The van der Waals surface area contributed by atoms with Gasteiger partial charge in [-0.25, -0.2) is 0 Å². The first-order valence-corrected chi connectivity index (χ1v) is 7.65. The second kappa shape index (κ2) is 7.13. The number of para-hydroxylation sites is 1. The summed E-state index contributed by atoms with van der Waals surface area (Å²) in [6.45, 7) is 8.27. The van der Waals surface area contributed by atoms with Gasteiger partial charge in [-0.1, -0.05) is 38.5 Å². The van der Waals surface area contributed by atoms with Crippen LogP contribution in [0.2, 0.25) is 0 Å². The zero-order valence-electron chi connectivity index (χ0n) is 12.8. The van der Waals surface area contributed by atoms with Gasteiger partial charge in [-0.3, -0.25) is 4.68 Å². The van der Waals surface area contributed by atoms with Gasteiger partial charge in [0, 0.05) is 12.2 Å². The molecule has 0 spiro atoms. The van der Waals surface area contributed by atoms with Crippen molar-refractivity contribution in [1.82, 2.24) is 9.78 Å². The highest BCUT2D eigenvalue weighted by molar-refractivity contribution is 5.51. The van der Waals surface area contributed by atoms with Gasteiger partial charge < -0.3 is 5.32 Å². The molecule has 0 bridgehead atoms. The molecule has 3 nitrogen and oxygen atoms in total. The van der Waals surface area contributed by atoms with E-state index in [4.69, 9.17) is 0 Å². The highest BCUT2D eigenvalue weighted by Crippen LogP contribution is 2.18. The molecule has 0 radical (unpaired) electrons. The Hall–Kier alpha value is -1.77. The van der Waals surface area contributed by atoms with Gasteiger partial charge in [-0.2, -0.15) is 5.10 Å². The van der Waals surface area contributed by atoms with Gasteiger partial charge in [0.1, 0.15) is 0 Å². The largest absolute Gasteiger partial charge is 0.379 e. The third-order valence-electron chi connectivity index (χ3n) is 3.57. The van der Waals surface area contributed by atoms with E-state index < -0.39 is 0 Å². The van der Waals surface area contributed by atoms with Gasteiger partial charge in [-0.05, 0) is 37.5 Å². The Kier molecular flexibility index (Phi) is 5.22. The number of benzene rings is 1. The summed E-state index contributed by atoms with van der Waals surface area (Å²) in [6.07, 6.45) is 3.29. The first-order chi connectivity index (χ1) is 9.78. The van der Waals surface area contributed by atoms with E-state index in [9.17, 15) is 0 Å². The van der Waals surface area contributed by atoms with Gasteiger partial charge >= 0.3 is 0 Å². The smallest absolute Gasteiger partial charge is 0.0625 e. The molecule has 2 aromatic rings. The van der Waals surface area contributed by atoms with Crippen LogP contribution in [0.25, 0.3) is 0 Å². The van der Waals surface area contributed by atoms with E-state index in [0.29, 0.717) is 0 Å². The molecular formula is C17H25N3. The lowest BCUT2D eigenvalue weighted by Crippen LogP contribution is -2.09. The van der Waals surface area contributed by atoms with E-state index in [1.54, 1.807) is 0 Å². The first kappa shape index (κ1) is 14.6. The molecule has 0 aliphatic rings. The molecule has 0 aliphatic heterocycles. The Bertz CT molecular complexity index is 543. The van der Waals surface area contributed by atoms with E-state index in [0.717, 1.165) is 25.9 Å². The van der Waals surface area contributed by atoms with Crippen molar-refractivity contribution >= 4 is 5.69 Å². The van der Waals surface area contributed by atoms with Gasteiger partial charge in [-0.15, -0.1) is 0 Å². The summed E-state index contributed by atoms with van der Waals surface area (Å²) in [5, 5.41) is 8.16. The highest BCUT2D eigenvalue weighted by Gasteiger charge is 2.06. The minimum absolute atomic E-state index is 0.835. The van der Waals surface area contributed by atoms with Crippen LogP contribution in [0.3, 0.4) is 0 Å². The van der Waals surface area contributed by atoms with Crippen LogP contribution < -0.4 is 5.32 Å². The Labute approximate surface area is 122 Å². The van der Waals surface area contributed by atoms with Crippen molar-refractivity contribution < 1.29 is 0 Å². The number of hydrogen-bond donors (Lipinski definition) is 1. The summed E-state index contributed by atoms with van der Waals surface area (Å²) < 4.78 is 2.09. The Balaban J connectivity index is 2.10. The molecule has 108 valence electrons. The predicted molar refractivity (Wildman–Crippen MR) is 85.0 cm³/mol. The van der Waals surface area contributed by atoms with Gasteiger partial charge in [0.2, 0.25) is 0 Å². The third kappa shape index (κ3) is 3.41. The summed E-state index contributed by atoms with van der Waals surface area (Å²) in [6, 6.07) is 10.8. The predicted octanol–water partition coefficient (Wildman–Crippen LogP) is 4.03. The molecule has 0 saturated carbocycles. The number of aromatic nitrogens is 2. The zero-order chi connectivity index (χ0) is 14.4. The molecule has 1 heterocycles. The molecule has 0 atom stereocenters. The van der Waals surface area contributed by atoms with Crippen LogP contribution in [0.4, 0.5) is 5.69 Å². The molecule has 0 unspecified atom stereocenters. The first-order valence-electron chi connectivity index (χ1n) is 7.65. The molecule has 1 N–H and O–H groups in total. The standard InChI is InChI=1S/C17H25N3/c1-4-9-14-10-7-8-11-17(14)18-13-16-12-15(5-2)19-20(16)6-3/h7-8,10-12,18H,4-6,9,13H2,1-3H3. The van der Waals surface area contributed by atoms with Crippen LogP contribution in [0.1, 0.15) is 44.1 Å². The normalized spacial score (nSPS) is 10.8. The molecule has 1 aromatic carbocycles. The lowest BCUT2D eigenvalue weighted by molar-refractivity contribution is 0.619. The summed E-state index contributed by atoms with van der Waals surface area (Å²) in [5.74, 6) is 0. The Morgan fingerprint density at radius 2 is 1.95 bits per heavy atom. The van der Waals surface area contributed by atoms with E-state index in [-0.39, 0.29) is 0 Å². The second-order valence-electron chi connectivity index (χ2n) is 5.06. The van der Waals surface area contributed by atoms with Crippen molar-refractivity contribution in [3.05, 3.63) is 47.3 Å². The molecule has 1 aromatic heterocycles. The van der Waals surface area contributed by atoms with Gasteiger partial charge in [0.25, 0.3) is 0 Å². The van der Waals surface area contributed by atoms with Crippen LogP contribution >= 0.6 is 0 Å².